The fourth-order valence-corrected chi connectivity index (χ4v) is 3.67. The predicted octanol–water partition coefficient (Wildman–Crippen LogP) is 2.91. The van der Waals surface area contributed by atoms with Gasteiger partial charge in [-0.1, -0.05) is 60.7 Å². The SMILES string of the molecule is CN=Nc1c2[nH]n(Cc3ccccc3)nc-2c(=NNC)c2nn(Cc3ccccc3)nc12. The molecule has 0 fully saturated rings. The Morgan fingerprint density at radius 3 is 2.19 bits per heavy atom. The molecule has 0 amide bonds. The first-order chi connectivity index (χ1) is 15.8. The lowest BCUT2D eigenvalue weighted by Gasteiger charge is -2.01. The fraction of sp³-hybridized carbons (Fsp3) is 0.182. The van der Waals surface area contributed by atoms with E-state index in [1.165, 1.54) is 0 Å². The van der Waals surface area contributed by atoms with Gasteiger partial charge in [0.15, 0.2) is 0 Å². The standard InChI is InChI=1S/C22H22N10/c1-23-25-17-19-21(29-31(27-19)13-15-9-5-3-6-10-15)18(26-24-2)22-20(17)28-32(30-22)14-16-11-7-4-8-12-16/h3-12,23,29H,13-14H2,1-2H3. The molecule has 3 aromatic rings. The first-order valence-corrected chi connectivity index (χ1v) is 10.2. The maximum Gasteiger partial charge on any atom is 0.145 e. The van der Waals surface area contributed by atoms with Crippen molar-refractivity contribution in [1.29, 1.82) is 0 Å². The minimum Gasteiger partial charge on any atom is -0.312 e. The Balaban J connectivity index is 1.70. The van der Waals surface area contributed by atoms with Crippen molar-refractivity contribution in [1.82, 2.24) is 35.4 Å². The summed E-state index contributed by atoms with van der Waals surface area (Å²) in [7, 11) is 3.38. The summed E-state index contributed by atoms with van der Waals surface area (Å²) in [5.41, 5.74) is 8.27. The number of hydrogen-bond acceptors (Lipinski definition) is 7. The molecule has 2 aromatic carbocycles. The third-order valence-corrected chi connectivity index (χ3v) is 5.03. The van der Waals surface area contributed by atoms with Crippen LogP contribution in [0.25, 0.3) is 22.4 Å². The number of azo groups is 1. The molecule has 0 saturated carbocycles. The molecule has 10 heteroatoms. The highest BCUT2D eigenvalue weighted by Gasteiger charge is 2.25. The number of rotatable bonds is 6. The van der Waals surface area contributed by atoms with Gasteiger partial charge in [-0.15, -0.1) is 0 Å². The molecule has 0 radical (unpaired) electrons. The minimum absolute atomic E-state index is 0.534. The van der Waals surface area contributed by atoms with E-state index in [1.807, 2.05) is 48.5 Å². The summed E-state index contributed by atoms with van der Waals surface area (Å²) in [6, 6.07) is 20.2. The summed E-state index contributed by atoms with van der Waals surface area (Å²) in [6.45, 7) is 1.11. The summed E-state index contributed by atoms with van der Waals surface area (Å²) in [4.78, 5) is 3.42. The van der Waals surface area contributed by atoms with Crippen LogP contribution < -0.4 is 10.8 Å². The van der Waals surface area contributed by atoms with Gasteiger partial charge in [0.05, 0.1) is 13.1 Å². The van der Waals surface area contributed by atoms with Gasteiger partial charge < -0.3 is 5.43 Å². The highest BCUT2D eigenvalue weighted by Crippen LogP contribution is 2.33. The molecule has 0 bridgehead atoms. The van der Waals surface area contributed by atoms with Crippen LogP contribution in [0.4, 0.5) is 5.69 Å². The van der Waals surface area contributed by atoms with E-state index >= 15 is 0 Å². The molecule has 0 spiro atoms. The number of nitrogens with zero attached hydrogens (tertiary/aromatic N) is 8. The van der Waals surface area contributed by atoms with Crippen LogP contribution in [0.15, 0.2) is 76.0 Å². The van der Waals surface area contributed by atoms with Crippen molar-refractivity contribution >= 4 is 16.7 Å². The predicted molar refractivity (Wildman–Crippen MR) is 120 cm³/mol. The summed E-state index contributed by atoms with van der Waals surface area (Å²) >= 11 is 0. The highest BCUT2D eigenvalue weighted by atomic mass is 15.5. The number of H-pyrrole nitrogens is 1. The molecule has 2 heterocycles. The van der Waals surface area contributed by atoms with Crippen LogP contribution in [0.5, 0.6) is 0 Å². The zero-order chi connectivity index (χ0) is 21.9. The second kappa shape index (κ2) is 8.42. The number of aromatic amines is 1. The van der Waals surface area contributed by atoms with Gasteiger partial charge in [-0.25, -0.2) is 4.80 Å². The molecular formula is C22H22N10. The number of aromatic nitrogens is 6. The first kappa shape index (κ1) is 19.6. The highest BCUT2D eigenvalue weighted by molar-refractivity contribution is 5.95. The van der Waals surface area contributed by atoms with Crippen molar-refractivity contribution in [3.63, 3.8) is 0 Å². The smallest absolute Gasteiger partial charge is 0.145 e. The molecule has 32 heavy (non-hydrogen) atoms. The Bertz CT molecular complexity index is 1370. The molecule has 5 rings (SSSR count). The summed E-state index contributed by atoms with van der Waals surface area (Å²) in [6.07, 6.45) is 0. The van der Waals surface area contributed by atoms with Crippen molar-refractivity contribution in [2.45, 2.75) is 13.1 Å². The molecule has 10 nitrogen and oxygen atoms in total. The van der Waals surface area contributed by atoms with E-state index in [4.69, 9.17) is 15.3 Å². The maximum atomic E-state index is 4.76. The number of nitrogens with one attached hydrogen (secondary N) is 2. The average Bonchev–Trinajstić information content (AvgIpc) is 3.42. The van der Waals surface area contributed by atoms with Crippen molar-refractivity contribution in [2.24, 2.45) is 15.3 Å². The quantitative estimate of drug-likeness (QED) is 0.321. The molecule has 2 N–H and O–H groups in total. The Morgan fingerprint density at radius 2 is 1.53 bits per heavy atom. The monoisotopic (exact) mass is 426 g/mol. The Morgan fingerprint density at radius 1 is 0.875 bits per heavy atom. The molecule has 1 aromatic heterocycles. The fourth-order valence-electron chi connectivity index (χ4n) is 3.67. The molecule has 1 aliphatic carbocycles. The van der Waals surface area contributed by atoms with Crippen molar-refractivity contribution in [3.8, 4) is 11.4 Å². The van der Waals surface area contributed by atoms with Gasteiger partial charge in [-0.3, -0.25) is 5.10 Å². The Kier molecular flexibility index (Phi) is 5.16. The van der Waals surface area contributed by atoms with Gasteiger partial charge in [-0.05, 0) is 11.1 Å². The van der Waals surface area contributed by atoms with Crippen LogP contribution in [0.1, 0.15) is 11.1 Å². The van der Waals surface area contributed by atoms with Crippen molar-refractivity contribution in [3.05, 3.63) is 77.1 Å². The summed E-state index contributed by atoms with van der Waals surface area (Å²) in [5.74, 6) is 0. The topological polar surface area (TPSA) is 113 Å². The van der Waals surface area contributed by atoms with Crippen molar-refractivity contribution in [2.75, 3.05) is 14.1 Å². The van der Waals surface area contributed by atoms with E-state index in [0.29, 0.717) is 46.6 Å². The van der Waals surface area contributed by atoms with E-state index in [0.717, 1.165) is 11.1 Å². The largest absolute Gasteiger partial charge is 0.312 e. The third kappa shape index (κ3) is 3.62. The van der Waals surface area contributed by atoms with Crippen molar-refractivity contribution < 1.29 is 0 Å². The number of benzene rings is 3. The summed E-state index contributed by atoms with van der Waals surface area (Å²) < 4.78 is 0. The average molecular weight is 426 g/mol. The van der Waals surface area contributed by atoms with Gasteiger partial charge in [0.25, 0.3) is 0 Å². The summed E-state index contributed by atoms with van der Waals surface area (Å²) in [5, 5.41) is 31.0. The molecule has 2 aliphatic rings. The van der Waals surface area contributed by atoms with Gasteiger partial charge in [0, 0.05) is 14.1 Å². The molecular weight excluding hydrogens is 404 g/mol. The van der Waals surface area contributed by atoms with Crippen LogP contribution in [-0.2, 0) is 13.1 Å². The van der Waals surface area contributed by atoms with E-state index in [1.54, 1.807) is 23.7 Å². The number of hydrogen-bond donors (Lipinski definition) is 2. The van der Waals surface area contributed by atoms with Crippen LogP contribution >= 0.6 is 0 Å². The molecule has 0 unspecified atom stereocenters. The van der Waals surface area contributed by atoms with E-state index < -0.39 is 0 Å². The van der Waals surface area contributed by atoms with Crippen LogP contribution in [-0.4, -0.2) is 44.1 Å². The van der Waals surface area contributed by atoms with Gasteiger partial charge in [0.2, 0.25) is 0 Å². The normalized spacial score (nSPS) is 12.4. The number of fused-ring (bicyclic) bond motifs is 2. The lowest BCUT2D eigenvalue weighted by atomic mass is 10.1. The Labute approximate surface area is 183 Å². The lowest BCUT2D eigenvalue weighted by Crippen LogP contribution is -2.15. The van der Waals surface area contributed by atoms with Crippen LogP contribution in [0.3, 0.4) is 0 Å². The van der Waals surface area contributed by atoms with E-state index in [2.05, 4.69) is 38.0 Å². The zero-order valence-electron chi connectivity index (χ0n) is 17.8. The molecule has 1 aliphatic heterocycles. The van der Waals surface area contributed by atoms with Gasteiger partial charge in [0.1, 0.15) is 33.5 Å². The first-order valence-electron chi connectivity index (χ1n) is 10.2. The molecule has 160 valence electrons. The molecule has 0 saturated heterocycles. The molecule has 0 atom stereocenters. The zero-order valence-corrected chi connectivity index (χ0v) is 17.8. The van der Waals surface area contributed by atoms with E-state index in [-0.39, 0.29) is 0 Å². The lowest BCUT2D eigenvalue weighted by molar-refractivity contribution is 0.595. The maximum absolute atomic E-state index is 4.76. The van der Waals surface area contributed by atoms with Crippen LogP contribution in [0.2, 0.25) is 0 Å². The van der Waals surface area contributed by atoms with Gasteiger partial charge in [-0.2, -0.15) is 35.4 Å². The van der Waals surface area contributed by atoms with E-state index in [9.17, 15) is 0 Å². The second-order valence-electron chi connectivity index (χ2n) is 7.22. The van der Waals surface area contributed by atoms with Gasteiger partial charge >= 0.3 is 0 Å². The third-order valence-electron chi connectivity index (χ3n) is 5.03. The van der Waals surface area contributed by atoms with Crippen LogP contribution in [0, 0.1) is 0 Å². The minimum atomic E-state index is 0.534. The Hall–Kier alpha value is -4.34. The second-order valence-corrected chi connectivity index (χ2v) is 7.22.